The number of aromatic nitrogens is 2. The first kappa shape index (κ1) is 11.1. The van der Waals surface area contributed by atoms with Crippen LogP contribution in [0, 0.1) is 17.0 Å². The van der Waals surface area contributed by atoms with Crippen molar-refractivity contribution in [3.8, 4) is 17.0 Å². The van der Waals surface area contributed by atoms with E-state index in [0.29, 0.717) is 0 Å². The van der Waals surface area contributed by atoms with Crippen molar-refractivity contribution in [2.75, 3.05) is 7.11 Å². The molecule has 0 aliphatic heterocycles. The van der Waals surface area contributed by atoms with Gasteiger partial charge in [-0.3, -0.25) is 10.1 Å². The van der Waals surface area contributed by atoms with Gasteiger partial charge in [-0.1, -0.05) is 0 Å². The predicted octanol–water partition coefficient (Wildman–Crippen LogP) is 2.30. The lowest BCUT2D eigenvalue weighted by Crippen LogP contribution is -1.94. The minimum Gasteiger partial charge on any atom is -0.490 e. The fraction of sp³-hybridized carbons (Fsp3) is 0.182. The SMILES string of the molecule is COc1cc(-c2cnc(C)[nH]2)ccc1[N+](=O)[O-]. The summed E-state index contributed by atoms with van der Waals surface area (Å²) in [6.45, 7) is 1.84. The number of aryl methyl sites for hydroxylation is 1. The molecule has 88 valence electrons. The van der Waals surface area contributed by atoms with E-state index in [9.17, 15) is 10.1 Å². The molecule has 0 aliphatic rings. The highest BCUT2D eigenvalue weighted by atomic mass is 16.6. The molecule has 6 nitrogen and oxygen atoms in total. The van der Waals surface area contributed by atoms with Gasteiger partial charge in [0.2, 0.25) is 0 Å². The number of ether oxygens (including phenoxy) is 1. The first-order valence-electron chi connectivity index (χ1n) is 4.96. The van der Waals surface area contributed by atoms with E-state index in [1.54, 1.807) is 18.3 Å². The summed E-state index contributed by atoms with van der Waals surface area (Å²) in [5.41, 5.74) is 1.55. The average Bonchev–Trinajstić information content (AvgIpc) is 2.75. The van der Waals surface area contributed by atoms with Crippen LogP contribution in [-0.2, 0) is 0 Å². The van der Waals surface area contributed by atoms with Gasteiger partial charge >= 0.3 is 5.69 Å². The van der Waals surface area contributed by atoms with E-state index in [1.165, 1.54) is 13.2 Å². The van der Waals surface area contributed by atoms with Gasteiger partial charge in [0.25, 0.3) is 0 Å². The van der Waals surface area contributed by atoms with E-state index in [1.807, 2.05) is 6.92 Å². The molecular weight excluding hydrogens is 222 g/mol. The van der Waals surface area contributed by atoms with E-state index in [2.05, 4.69) is 9.97 Å². The summed E-state index contributed by atoms with van der Waals surface area (Å²) in [4.78, 5) is 17.4. The smallest absolute Gasteiger partial charge is 0.310 e. The molecule has 17 heavy (non-hydrogen) atoms. The summed E-state index contributed by atoms with van der Waals surface area (Å²) in [7, 11) is 1.41. The molecule has 0 bridgehead atoms. The lowest BCUT2D eigenvalue weighted by Gasteiger charge is -2.03. The predicted molar refractivity (Wildman–Crippen MR) is 62.0 cm³/mol. The summed E-state index contributed by atoms with van der Waals surface area (Å²) in [5, 5.41) is 10.7. The van der Waals surface area contributed by atoms with E-state index in [0.717, 1.165) is 17.1 Å². The van der Waals surface area contributed by atoms with Crippen LogP contribution in [0.4, 0.5) is 5.69 Å². The van der Waals surface area contributed by atoms with Crippen molar-refractivity contribution in [3.05, 3.63) is 40.3 Å². The lowest BCUT2D eigenvalue weighted by molar-refractivity contribution is -0.385. The van der Waals surface area contributed by atoms with Crippen LogP contribution in [0.25, 0.3) is 11.3 Å². The number of nitrogens with one attached hydrogen (secondary N) is 1. The topological polar surface area (TPSA) is 81.0 Å². The molecule has 1 N–H and O–H groups in total. The van der Waals surface area contributed by atoms with Gasteiger partial charge in [-0.25, -0.2) is 4.98 Å². The molecule has 0 saturated carbocycles. The van der Waals surface area contributed by atoms with Crippen molar-refractivity contribution >= 4 is 5.69 Å². The van der Waals surface area contributed by atoms with Crippen molar-refractivity contribution < 1.29 is 9.66 Å². The Morgan fingerprint density at radius 3 is 2.76 bits per heavy atom. The number of H-pyrrole nitrogens is 1. The number of aromatic amines is 1. The number of hydrogen-bond donors (Lipinski definition) is 1. The number of hydrogen-bond acceptors (Lipinski definition) is 4. The van der Waals surface area contributed by atoms with Crippen molar-refractivity contribution in [3.63, 3.8) is 0 Å². The van der Waals surface area contributed by atoms with Crippen LogP contribution in [0.2, 0.25) is 0 Å². The average molecular weight is 233 g/mol. The largest absolute Gasteiger partial charge is 0.490 e. The van der Waals surface area contributed by atoms with Crippen LogP contribution >= 0.6 is 0 Å². The molecule has 6 heteroatoms. The van der Waals surface area contributed by atoms with Crippen LogP contribution < -0.4 is 4.74 Å². The summed E-state index contributed by atoms with van der Waals surface area (Å²) in [6, 6.07) is 4.70. The summed E-state index contributed by atoms with van der Waals surface area (Å²) in [6.07, 6.45) is 1.68. The number of imidazole rings is 1. The van der Waals surface area contributed by atoms with Gasteiger partial charge in [-0.15, -0.1) is 0 Å². The van der Waals surface area contributed by atoms with E-state index in [-0.39, 0.29) is 11.4 Å². The molecule has 0 fully saturated rings. The first-order valence-corrected chi connectivity index (χ1v) is 4.96. The Kier molecular flexibility index (Phi) is 2.78. The molecule has 0 amide bonds. The zero-order chi connectivity index (χ0) is 12.4. The molecule has 2 aromatic rings. The van der Waals surface area contributed by atoms with Crippen LogP contribution in [0.5, 0.6) is 5.75 Å². The monoisotopic (exact) mass is 233 g/mol. The minimum atomic E-state index is -0.471. The Morgan fingerprint density at radius 2 is 2.24 bits per heavy atom. The number of nitro benzene ring substituents is 1. The zero-order valence-electron chi connectivity index (χ0n) is 9.43. The number of rotatable bonds is 3. The quantitative estimate of drug-likeness (QED) is 0.651. The van der Waals surface area contributed by atoms with E-state index in [4.69, 9.17) is 4.74 Å². The highest BCUT2D eigenvalue weighted by Gasteiger charge is 2.15. The maximum absolute atomic E-state index is 10.7. The van der Waals surface area contributed by atoms with Gasteiger partial charge < -0.3 is 9.72 Å². The fourth-order valence-corrected chi connectivity index (χ4v) is 1.56. The summed E-state index contributed by atoms with van der Waals surface area (Å²) >= 11 is 0. The van der Waals surface area contributed by atoms with Crippen LogP contribution in [0.3, 0.4) is 0 Å². The van der Waals surface area contributed by atoms with Crippen LogP contribution in [0.1, 0.15) is 5.82 Å². The van der Waals surface area contributed by atoms with Gasteiger partial charge in [0.15, 0.2) is 5.75 Å². The van der Waals surface area contributed by atoms with Crippen molar-refractivity contribution in [1.29, 1.82) is 0 Å². The lowest BCUT2D eigenvalue weighted by atomic mass is 10.1. The Labute approximate surface area is 97.4 Å². The van der Waals surface area contributed by atoms with E-state index >= 15 is 0 Å². The number of nitro groups is 1. The van der Waals surface area contributed by atoms with Crippen LogP contribution in [0.15, 0.2) is 24.4 Å². The standard InChI is InChI=1S/C11H11N3O3/c1-7-12-6-9(13-7)8-3-4-10(14(15)16)11(5-8)17-2/h3-6H,1-2H3,(H,12,13). The number of methoxy groups -OCH3 is 1. The maximum atomic E-state index is 10.7. The highest BCUT2D eigenvalue weighted by Crippen LogP contribution is 2.31. The second-order valence-electron chi connectivity index (χ2n) is 3.53. The van der Waals surface area contributed by atoms with Gasteiger partial charge in [0.05, 0.1) is 23.9 Å². The van der Waals surface area contributed by atoms with Crippen molar-refractivity contribution in [2.45, 2.75) is 6.92 Å². The molecule has 1 aromatic carbocycles. The summed E-state index contributed by atoms with van der Waals surface area (Å²) in [5.74, 6) is 1.03. The molecule has 1 aromatic heterocycles. The molecule has 2 rings (SSSR count). The van der Waals surface area contributed by atoms with Crippen LogP contribution in [-0.4, -0.2) is 22.0 Å². The maximum Gasteiger partial charge on any atom is 0.310 e. The highest BCUT2D eigenvalue weighted by molar-refractivity contribution is 5.65. The molecule has 0 aliphatic carbocycles. The number of benzene rings is 1. The normalized spacial score (nSPS) is 10.2. The third kappa shape index (κ3) is 2.10. The van der Waals surface area contributed by atoms with Gasteiger partial charge in [-0.05, 0) is 19.1 Å². The molecule has 0 unspecified atom stereocenters. The third-order valence-corrected chi connectivity index (χ3v) is 2.39. The molecular formula is C11H11N3O3. The Morgan fingerprint density at radius 1 is 1.47 bits per heavy atom. The first-order chi connectivity index (χ1) is 8.11. The number of nitrogens with zero attached hydrogens (tertiary/aromatic N) is 2. The fourth-order valence-electron chi connectivity index (χ4n) is 1.56. The van der Waals surface area contributed by atoms with E-state index < -0.39 is 4.92 Å². The summed E-state index contributed by atoms with van der Waals surface area (Å²) < 4.78 is 5.00. The molecule has 0 saturated heterocycles. The molecule has 0 spiro atoms. The Balaban J connectivity index is 2.48. The van der Waals surface area contributed by atoms with Crippen molar-refractivity contribution in [1.82, 2.24) is 9.97 Å². The van der Waals surface area contributed by atoms with Gasteiger partial charge in [0, 0.05) is 11.6 Å². The van der Waals surface area contributed by atoms with Crippen molar-refractivity contribution in [2.24, 2.45) is 0 Å². The zero-order valence-corrected chi connectivity index (χ0v) is 9.43. The second-order valence-corrected chi connectivity index (χ2v) is 3.53. The Bertz CT molecular complexity index is 563. The Hall–Kier alpha value is -2.37. The third-order valence-electron chi connectivity index (χ3n) is 2.39. The molecule has 0 atom stereocenters. The minimum absolute atomic E-state index is 0.0486. The van der Waals surface area contributed by atoms with Gasteiger partial charge in [0.1, 0.15) is 5.82 Å². The second kappa shape index (κ2) is 4.25. The van der Waals surface area contributed by atoms with Gasteiger partial charge in [-0.2, -0.15) is 0 Å². The molecule has 1 heterocycles. The molecule has 0 radical (unpaired) electrons.